The Kier molecular flexibility index (Phi) is 4.16. The molecule has 0 spiro atoms. The van der Waals surface area contributed by atoms with E-state index in [0.29, 0.717) is 29.6 Å². The number of ether oxygens (including phenoxy) is 1. The first-order valence-corrected chi connectivity index (χ1v) is 9.41. The molecular weight excluding hydrogens is 354 g/mol. The van der Waals surface area contributed by atoms with Crippen LogP contribution in [0.3, 0.4) is 0 Å². The van der Waals surface area contributed by atoms with Crippen molar-refractivity contribution in [3.63, 3.8) is 0 Å². The molecule has 1 aliphatic carbocycles. The normalized spacial score (nSPS) is 13.8. The van der Waals surface area contributed by atoms with Crippen LogP contribution < -0.4 is 4.74 Å². The Hall–Kier alpha value is -3.42. The highest BCUT2D eigenvalue weighted by atomic mass is 16.5. The van der Waals surface area contributed by atoms with Crippen molar-refractivity contribution < 1.29 is 4.74 Å². The van der Waals surface area contributed by atoms with Gasteiger partial charge in [0.05, 0.1) is 6.20 Å². The van der Waals surface area contributed by atoms with Crippen LogP contribution in [-0.2, 0) is 13.2 Å². The van der Waals surface area contributed by atoms with E-state index < -0.39 is 0 Å². The molecule has 0 atom stereocenters. The summed E-state index contributed by atoms with van der Waals surface area (Å²) in [6, 6.07) is 9.89. The molecule has 1 aliphatic rings. The van der Waals surface area contributed by atoms with E-state index in [1.54, 1.807) is 12.5 Å². The summed E-state index contributed by atoms with van der Waals surface area (Å²) >= 11 is 0. The molecule has 0 radical (unpaired) electrons. The van der Waals surface area contributed by atoms with Crippen LogP contribution in [0.5, 0.6) is 5.88 Å². The lowest BCUT2D eigenvalue weighted by molar-refractivity contribution is 0.272. The van der Waals surface area contributed by atoms with Crippen LogP contribution in [0.25, 0.3) is 22.3 Å². The summed E-state index contributed by atoms with van der Waals surface area (Å²) in [6.07, 6.45) is 5.41. The van der Waals surface area contributed by atoms with Crippen molar-refractivity contribution >= 4 is 11.0 Å². The van der Waals surface area contributed by atoms with Crippen LogP contribution in [0, 0.1) is 0 Å². The van der Waals surface area contributed by atoms with Crippen molar-refractivity contribution in [1.29, 1.82) is 0 Å². The maximum absolute atomic E-state index is 6.08. The van der Waals surface area contributed by atoms with E-state index in [1.165, 1.54) is 0 Å². The summed E-state index contributed by atoms with van der Waals surface area (Å²) in [4.78, 5) is 13.9. The lowest BCUT2D eigenvalue weighted by Crippen LogP contribution is -2.10. The van der Waals surface area contributed by atoms with E-state index in [-0.39, 0.29) is 0 Å². The summed E-state index contributed by atoms with van der Waals surface area (Å²) in [5, 5.41) is 12.6. The van der Waals surface area contributed by atoms with Gasteiger partial charge >= 0.3 is 0 Å². The van der Waals surface area contributed by atoms with Gasteiger partial charge in [-0.25, -0.2) is 19.6 Å². The molecule has 140 valence electrons. The average Bonchev–Trinajstić information content (AvgIpc) is 3.49. The molecule has 3 heterocycles. The molecule has 5 rings (SSSR count). The number of aromatic nitrogens is 7. The highest BCUT2D eigenvalue weighted by Gasteiger charge is 2.30. The van der Waals surface area contributed by atoms with Crippen LogP contribution in [-0.4, -0.2) is 34.9 Å². The van der Waals surface area contributed by atoms with Gasteiger partial charge in [0.25, 0.3) is 0 Å². The fraction of sp³-hybridized carbons (Fsp3) is 0.300. The molecule has 28 heavy (non-hydrogen) atoms. The van der Waals surface area contributed by atoms with E-state index in [2.05, 4.69) is 20.3 Å². The van der Waals surface area contributed by atoms with Crippen LogP contribution in [0.1, 0.15) is 37.2 Å². The van der Waals surface area contributed by atoms with E-state index in [9.17, 15) is 0 Å². The Morgan fingerprint density at radius 2 is 2.00 bits per heavy atom. The van der Waals surface area contributed by atoms with E-state index >= 15 is 0 Å². The molecule has 1 fully saturated rings. The standard InChI is InChI=1S/C20H19N7O/c1-2-27-16(21-12-23-27)11-28-20-18(14-8-9-14)24-15-10-22-26-17(19(15)25-20)13-6-4-3-5-7-13/h3-7,10,12,14H,2,8-9,11H2,1H3. The molecule has 0 N–H and O–H groups in total. The zero-order valence-corrected chi connectivity index (χ0v) is 15.5. The van der Waals surface area contributed by atoms with Crippen molar-refractivity contribution in [1.82, 2.24) is 34.9 Å². The summed E-state index contributed by atoms with van der Waals surface area (Å²) in [5.74, 6) is 1.71. The minimum absolute atomic E-state index is 0.299. The molecule has 1 saturated carbocycles. The van der Waals surface area contributed by atoms with Gasteiger partial charge in [0.2, 0.25) is 5.88 Å². The van der Waals surface area contributed by atoms with Gasteiger partial charge in [-0.05, 0) is 19.8 Å². The largest absolute Gasteiger partial charge is 0.468 e. The van der Waals surface area contributed by atoms with Crippen molar-refractivity contribution in [2.45, 2.75) is 38.8 Å². The number of aryl methyl sites for hydroxylation is 1. The first-order chi connectivity index (χ1) is 13.8. The van der Waals surface area contributed by atoms with Crippen LogP contribution in [0.15, 0.2) is 42.9 Å². The first-order valence-electron chi connectivity index (χ1n) is 9.41. The quantitative estimate of drug-likeness (QED) is 0.512. The summed E-state index contributed by atoms with van der Waals surface area (Å²) < 4.78 is 7.89. The average molecular weight is 373 g/mol. The zero-order chi connectivity index (χ0) is 18.9. The third-order valence-electron chi connectivity index (χ3n) is 4.82. The van der Waals surface area contributed by atoms with Crippen molar-refractivity contribution in [3.05, 3.63) is 54.4 Å². The molecule has 0 aliphatic heterocycles. The van der Waals surface area contributed by atoms with Crippen molar-refractivity contribution in [2.24, 2.45) is 0 Å². The van der Waals surface area contributed by atoms with E-state index in [1.807, 2.05) is 41.9 Å². The van der Waals surface area contributed by atoms with Crippen LogP contribution in [0.2, 0.25) is 0 Å². The number of hydrogen-bond donors (Lipinski definition) is 0. The van der Waals surface area contributed by atoms with Gasteiger partial charge in [-0.3, -0.25) is 0 Å². The molecule has 4 aromatic rings. The van der Waals surface area contributed by atoms with Gasteiger partial charge in [0, 0.05) is 18.0 Å². The Labute approximate surface area is 161 Å². The highest BCUT2D eigenvalue weighted by Crippen LogP contribution is 2.43. The number of rotatable bonds is 6. The van der Waals surface area contributed by atoms with Gasteiger partial charge in [0.15, 0.2) is 5.82 Å². The minimum atomic E-state index is 0.299. The smallest absolute Gasteiger partial charge is 0.237 e. The molecule has 0 bridgehead atoms. The molecule has 0 saturated heterocycles. The fourth-order valence-corrected chi connectivity index (χ4v) is 3.22. The number of hydrogen-bond acceptors (Lipinski definition) is 7. The molecule has 8 heteroatoms. The Bertz CT molecular complexity index is 1120. The number of fused-ring (bicyclic) bond motifs is 1. The third-order valence-corrected chi connectivity index (χ3v) is 4.82. The van der Waals surface area contributed by atoms with Gasteiger partial charge in [-0.2, -0.15) is 10.2 Å². The molecule has 3 aromatic heterocycles. The third kappa shape index (κ3) is 3.06. The minimum Gasteiger partial charge on any atom is -0.468 e. The van der Waals surface area contributed by atoms with Gasteiger partial charge in [-0.15, -0.1) is 5.10 Å². The molecule has 0 amide bonds. The molecule has 0 unspecified atom stereocenters. The molecule has 8 nitrogen and oxygen atoms in total. The predicted molar refractivity (Wildman–Crippen MR) is 103 cm³/mol. The second-order valence-corrected chi connectivity index (χ2v) is 6.76. The number of benzene rings is 1. The topological polar surface area (TPSA) is 91.5 Å². The predicted octanol–water partition coefficient (Wildman–Crippen LogP) is 3.15. The number of nitrogens with zero attached hydrogens (tertiary/aromatic N) is 7. The second kappa shape index (κ2) is 6.95. The highest BCUT2D eigenvalue weighted by molar-refractivity contribution is 5.88. The summed E-state index contributed by atoms with van der Waals surface area (Å²) in [6.45, 7) is 3.06. The van der Waals surface area contributed by atoms with Crippen LogP contribution >= 0.6 is 0 Å². The Morgan fingerprint density at radius 1 is 1.14 bits per heavy atom. The summed E-state index contributed by atoms with van der Waals surface area (Å²) in [5.41, 5.74) is 3.97. The van der Waals surface area contributed by atoms with E-state index in [0.717, 1.165) is 42.0 Å². The molecule has 1 aromatic carbocycles. The van der Waals surface area contributed by atoms with Crippen molar-refractivity contribution in [2.75, 3.05) is 0 Å². The zero-order valence-electron chi connectivity index (χ0n) is 15.5. The van der Waals surface area contributed by atoms with E-state index in [4.69, 9.17) is 14.7 Å². The van der Waals surface area contributed by atoms with Gasteiger partial charge < -0.3 is 4.74 Å². The Balaban J connectivity index is 1.58. The van der Waals surface area contributed by atoms with Crippen molar-refractivity contribution in [3.8, 4) is 17.1 Å². The lowest BCUT2D eigenvalue weighted by atomic mass is 10.1. The Morgan fingerprint density at radius 3 is 2.79 bits per heavy atom. The maximum atomic E-state index is 6.08. The maximum Gasteiger partial charge on any atom is 0.237 e. The first kappa shape index (κ1) is 16.7. The van der Waals surface area contributed by atoms with Gasteiger partial charge in [0.1, 0.15) is 35.4 Å². The monoisotopic (exact) mass is 373 g/mol. The molecular formula is C20H19N7O. The second-order valence-electron chi connectivity index (χ2n) is 6.76. The SMILES string of the molecule is CCn1ncnc1COc1nc2c(-c3ccccc3)nncc2nc1C1CC1. The van der Waals surface area contributed by atoms with Crippen LogP contribution in [0.4, 0.5) is 0 Å². The fourth-order valence-electron chi connectivity index (χ4n) is 3.22. The summed E-state index contributed by atoms with van der Waals surface area (Å²) in [7, 11) is 0. The lowest BCUT2D eigenvalue weighted by Gasteiger charge is -2.12. The van der Waals surface area contributed by atoms with Gasteiger partial charge in [-0.1, -0.05) is 30.3 Å².